The highest BCUT2D eigenvalue weighted by molar-refractivity contribution is 9.10. The first-order chi connectivity index (χ1) is 7.58. The molecule has 0 saturated heterocycles. The molecule has 0 radical (unpaired) electrons. The number of halogens is 3. The van der Waals surface area contributed by atoms with E-state index >= 15 is 0 Å². The molecule has 0 unspecified atom stereocenters. The smallest absolute Gasteiger partial charge is 0.135 e. The molecule has 0 nitrogen and oxygen atoms in total. The van der Waals surface area contributed by atoms with Crippen LogP contribution in [0.1, 0.15) is 5.56 Å². The van der Waals surface area contributed by atoms with Crippen LogP contribution in [0.3, 0.4) is 0 Å². The maximum absolute atomic E-state index is 13.7. The summed E-state index contributed by atoms with van der Waals surface area (Å²) in [5.74, 6) is -1.14. The first kappa shape index (κ1) is 11.3. The van der Waals surface area contributed by atoms with Gasteiger partial charge in [-0.15, -0.1) is 0 Å². The van der Waals surface area contributed by atoms with Gasteiger partial charge < -0.3 is 0 Å². The number of rotatable bonds is 1. The van der Waals surface area contributed by atoms with Crippen LogP contribution in [0, 0.1) is 18.6 Å². The molecule has 0 N–H and O–H groups in total. The fraction of sp³-hybridized carbons (Fsp3) is 0.0769. The Kier molecular flexibility index (Phi) is 3.06. The highest BCUT2D eigenvalue weighted by Gasteiger charge is 2.11. The van der Waals surface area contributed by atoms with E-state index in [0.29, 0.717) is 10.0 Å². The van der Waals surface area contributed by atoms with Crippen LogP contribution in [0.25, 0.3) is 11.1 Å². The zero-order valence-corrected chi connectivity index (χ0v) is 10.2. The second-order valence-electron chi connectivity index (χ2n) is 3.61. The second-order valence-corrected chi connectivity index (χ2v) is 4.47. The summed E-state index contributed by atoms with van der Waals surface area (Å²) in [6.45, 7) is 1.93. The average molecular weight is 283 g/mol. The molecule has 2 rings (SSSR count). The van der Waals surface area contributed by atoms with Gasteiger partial charge in [0.1, 0.15) is 11.6 Å². The number of benzene rings is 2. The van der Waals surface area contributed by atoms with Crippen molar-refractivity contribution in [3.05, 3.63) is 58.1 Å². The van der Waals surface area contributed by atoms with E-state index in [1.165, 1.54) is 6.07 Å². The van der Waals surface area contributed by atoms with Crippen molar-refractivity contribution in [2.45, 2.75) is 6.92 Å². The molecule has 0 aromatic heterocycles. The fourth-order valence-corrected chi connectivity index (χ4v) is 2.26. The van der Waals surface area contributed by atoms with Crippen molar-refractivity contribution in [3.63, 3.8) is 0 Å². The summed E-state index contributed by atoms with van der Waals surface area (Å²) in [6.07, 6.45) is 0. The lowest BCUT2D eigenvalue weighted by atomic mass is 10.0. The molecule has 0 aliphatic rings. The van der Waals surface area contributed by atoms with Gasteiger partial charge in [-0.1, -0.05) is 29.8 Å². The van der Waals surface area contributed by atoms with Crippen molar-refractivity contribution < 1.29 is 8.78 Å². The van der Waals surface area contributed by atoms with E-state index in [9.17, 15) is 8.78 Å². The van der Waals surface area contributed by atoms with Crippen LogP contribution in [0.5, 0.6) is 0 Å². The molecule has 0 bridgehead atoms. The van der Waals surface area contributed by atoms with Crippen molar-refractivity contribution in [1.82, 2.24) is 0 Å². The number of hydrogen-bond acceptors (Lipinski definition) is 0. The zero-order chi connectivity index (χ0) is 11.7. The third-order valence-electron chi connectivity index (χ3n) is 2.31. The SMILES string of the molecule is Cc1cccc(-c2c(F)cc(F)cc2Br)c1. The Morgan fingerprint density at radius 2 is 1.81 bits per heavy atom. The summed E-state index contributed by atoms with van der Waals surface area (Å²) in [4.78, 5) is 0. The van der Waals surface area contributed by atoms with E-state index in [1.54, 1.807) is 6.07 Å². The molecule has 0 atom stereocenters. The van der Waals surface area contributed by atoms with E-state index in [1.807, 2.05) is 25.1 Å². The molecule has 2 aromatic carbocycles. The van der Waals surface area contributed by atoms with Crippen LogP contribution in [-0.4, -0.2) is 0 Å². The standard InChI is InChI=1S/C13H9BrF2/c1-8-3-2-4-9(5-8)13-11(14)6-10(15)7-12(13)16/h2-7H,1H3. The molecular weight excluding hydrogens is 274 g/mol. The monoisotopic (exact) mass is 282 g/mol. The Morgan fingerprint density at radius 1 is 1.06 bits per heavy atom. The predicted molar refractivity (Wildman–Crippen MR) is 64.2 cm³/mol. The Balaban J connectivity index is 2.64. The molecule has 0 saturated carbocycles. The molecule has 0 heterocycles. The molecule has 3 heteroatoms. The van der Waals surface area contributed by atoms with Gasteiger partial charge in [0.05, 0.1) is 0 Å². The van der Waals surface area contributed by atoms with E-state index in [-0.39, 0.29) is 0 Å². The normalized spacial score (nSPS) is 10.5. The second kappa shape index (κ2) is 4.34. The Hall–Kier alpha value is -1.22. The highest BCUT2D eigenvalue weighted by Crippen LogP contribution is 2.32. The first-order valence-corrected chi connectivity index (χ1v) is 5.59. The summed E-state index contributed by atoms with van der Waals surface area (Å²) < 4.78 is 27.0. The molecular formula is C13H9BrF2. The summed E-state index contributed by atoms with van der Waals surface area (Å²) >= 11 is 3.18. The third-order valence-corrected chi connectivity index (χ3v) is 2.94. The fourth-order valence-electron chi connectivity index (χ4n) is 1.62. The Bertz CT molecular complexity index is 512. The maximum atomic E-state index is 13.7. The summed E-state index contributed by atoms with van der Waals surface area (Å²) in [7, 11) is 0. The largest absolute Gasteiger partial charge is 0.207 e. The van der Waals surface area contributed by atoms with Gasteiger partial charge >= 0.3 is 0 Å². The topological polar surface area (TPSA) is 0 Å². The van der Waals surface area contributed by atoms with Crippen LogP contribution >= 0.6 is 15.9 Å². The van der Waals surface area contributed by atoms with E-state index < -0.39 is 11.6 Å². The van der Waals surface area contributed by atoms with Crippen LogP contribution in [0.2, 0.25) is 0 Å². The molecule has 16 heavy (non-hydrogen) atoms. The van der Waals surface area contributed by atoms with Crippen LogP contribution < -0.4 is 0 Å². The minimum absolute atomic E-state index is 0.394. The summed E-state index contributed by atoms with van der Waals surface area (Å²) in [5, 5.41) is 0. The molecule has 0 aliphatic heterocycles. The van der Waals surface area contributed by atoms with Crippen molar-refractivity contribution in [2.24, 2.45) is 0 Å². The van der Waals surface area contributed by atoms with Crippen LogP contribution in [-0.2, 0) is 0 Å². The lowest BCUT2D eigenvalue weighted by Crippen LogP contribution is -1.89. The minimum atomic E-state index is -0.583. The molecule has 0 aliphatic carbocycles. The highest BCUT2D eigenvalue weighted by atomic mass is 79.9. The number of hydrogen-bond donors (Lipinski definition) is 0. The van der Waals surface area contributed by atoms with Crippen LogP contribution in [0.4, 0.5) is 8.78 Å². The molecule has 0 fully saturated rings. The van der Waals surface area contributed by atoms with Gasteiger partial charge in [0, 0.05) is 16.1 Å². The van der Waals surface area contributed by atoms with Crippen molar-refractivity contribution >= 4 is 15.9 Å². The summed E-state index contributed by atoms with van der Waals surface area (Å²) in [5.41, 5.74) is 2.17. The molecule has 2 aromatic rings. The first-order valence-electron chi connectivity index (χ1n) is 4.79. The third kappa shape index (κ3) is 2.14. The summed E-state index contributed by atoms with van der Waals surface area (Å²) in [6, 6.07) is 9.59. The van der Waals surface area contributed by atoms with Gasteiger partial charge in [0.25, 0.3) is 0 Å². The van der Waals surface area contributed by atoms with Crippen LogP contribution in [0.15, 0.2) is 40.9 Å². The predicted octanol–water partition coefficient (Wildman–Crippen LogP) is 4.70. The van der Waals surface area contributed by atoms with Gasteiger partial charge in [0.15, 0.2) is 0 Å². The van der Waals surface area contributed by atoms with Gasteiger partial charge in [0.2, 0.25) is 0 Å². The molecule has 0 spiro atoms. The number of aryl methyl sites for hydroxylation is 1. The Labute approximate surface area is 101 Å². The zero-order valence-electron chi connectivity index (χ0n) is 8.60. The van der Waals surface area contributed by atoms with Crippen molar-refractivity contribution in [1.29, 1.82) is 0 Å². The lowest BCUT2D eigenvalue weighted by molar-refractivity contribution is 0.584. The quantitative estimate of drug-likeness (QED) is 0.711. The maximum Gasteiger partial charge on any atom is 0.135 e. The molecule has 82 valence electrons. The minimum Gasteiger partial charge on any atom is -0.207 e. The molecule has 0 amide bonds. The average Bonchev–Trinajstić information content (AvgIpc) is 2.15. The lowest BCUT2D eigenvalue weighted by Gasteiger charge is -2.07. The van der Waals surface area contributed by atoms with Gasteiger partial charge in [-0.3, -0.25) is 0 Å². The Morgan fingerprint density at radius 3 is 2.44 bits per heavy atom. The van der Waals surface area contributed by atoms with Crippen molar-refractivity contribution in [2.75, 3.05) is 0 Å². The van der Waals surface area contributed by atoms with E-state index in [0.717, 1.165) is 17.2 Å². The van der Waals surface area contributed by atoms with Gasteiger partial charge in [-0.2, -0.15) is 0 Å². The van der Waals surface area contributed by atoms with E-state index in [4.69, 9.17) is 0 Å². The van der Waals surface area contributed by atoms with Crippen molar-refractivity contribution in [3.8, 4) is 11.1 Å². The van der Waals surface area contributed by atoms with Gasteiger partial charge in [-0.05, 0) is 34.5 Å². The van der Waals surface area contributed by atoms with Gasteiger partial charge in [-0.25, -0.2) is 8.78 Å². The van der Waals surface area contributed by atoms with E-state index in [2.05, 4.69) is 15.9 Å².